The SMILES string of the molecule is CN=C(NCC(C1CC1)N(C)C)NCC(C)(C)c1cccc(F)c1.I. The third kappa shape index (κ3) is 6.73. The lowest BCUT2D eigenvalue weighted by Gasteiger charge is -2.28. The van der Waals surface area contributed by atoms with Crippen molar-refractivity contribution in [2.45, 2.75) is 38.1 Å². The number of hydrogen-bond donors (Lipinski definition) is 2. The maximum Gasteiger partial charge on any atom is 0.191 e. The summed E-state index contributed by atoms with van der Waals surface area (Å²) in [7, 11) is 6.05. The lowest BCUT2D eigenvalue weighted by Crippen LogP contribution is -2.48. The van der Waals surface area contributed by atoms with Crippen LogP contribution in [0.2, 0.25) is 0 Å². The van der Waals surface area contributed by atoms with Gasteiger partial charge in [0, 0.05) is 31.6 Å². The summed E-state index contributed by atoms with van der Waals surface area (Å²) in [6, 6.07) is 7.35. The van der Waals surface area contributed by atoms with E-state index < -0.39 is 0 Å². The Morgan fingerprint density at radius 3 is 2.52 bits per heavy atom. The van der Waals surface area contributed by atoms with Crippen LogP contribution in [0.3, 0.4) is 0 Å². The Labute approximate surface area is 168 Å². The Balaban J connectivity index is 0.00000312. The standard InChI is InChI=1S/C19H31FN4.HI/c1-19(2,15-7-6-8-16(20)11-15)13-23-18(21-3)22-12-17(24(4)5)14-9-10-14;/h6-8,11,14,17H,9-10,12-13H2,1-5H3,(H2,21,22,23);1H. The maximum atomic E-state index is 13.5. The highest BCUT2D eigenvalue weighted by Gasteiger charge is 2.32. The molecule has 1 saturated carbocycles. The zero-order valence-electron chi connectivity index (χ0n) is 16.0. The second-order valence-electron chi connectivity index (χ2n) is 7.57. The van der Waals surface area contributed by atoms with E-state index in [1.54, 1.807) is 19.2 Å². The molecule has 1 aromatic rings. The van der Waals surface area contributed by atoms with Gasteiger partial charge in [-0.25, -0.2) is 4.39 Å². The molecule has 2 rings (SSSR count). The van der Waals surface area contributed by atoms with E-state index in [1.165, 1.54) is 18.9 Å². The van der Waals surface area contributed by atoms with E-state index in [0.717, 1.165) is 24.0 Å². The predicted molar refractivity (Wildman–Crippen MR) is 114 cm³/mol. The number of guanidine groups is 1. The van der Waals surface area contributed by atoms with Gasteiger partial charge < -0.3 is 15.5 Å². The molecule has 1 fully saturated rings. The molecule has 0 aliphatic heterocycles. The van der Waals surface area contributed by atoms with Crippen molar-refractivity contribution in [3.63, 3.8) is 0 Å². The minimum Gasteiger partial charge on any atom is -0.356 e. The molecule has 1 atom stereocenters. The summed E-state index contributed by atoms with van der Waals surface area (Å²) in [5, 5.41) is 6.81. The molecule has 25 heavy (non-hydrogen) atoms. The Morgan fingerprint density at radius 2 is 2.00 bits per heavy atom. The van der Waals surface area contributed by atoms with Crippen molar-refractivity contribution in [1.82, 2.24) is 15.5 Å². The highest BCUT2D eigenvalue weighted by Crippen LogP contribution is 2.34. The molecule has 0 radical (unpaired) electrons. The molecule has 0 aromatic heterocycles. The van der Waals surface area contributed by atoms with Crippen LogP contribution in [0.15, 0.2) is 29.3 Å². The summed E-state index contributed by atoms with van der Waals surface area (Å²) in [6.07, 6.45) is 2.65. The van der Waals surface area contributed by atoms with Crippen LogP contribution in [-0.2, 0) is 5.41 Å². The monoisotopic (exact) mass is 462 g/mol. The third-order valence-electron chi connectivity index (χ3n) is 4.84. The number of nitrogens with one attached hydrogen (secondary N) is 2. The van der Waals surface area contributed by atoms with E-state index in [4.69, 9.17) is 0 Å². The minimum atomic E-state index is -0.193. The highest BCUT2D eigenvalue weighted by atomic mass is 127. The van der Waals surface area contributed by atoms with Crippen LogP contribution in [0.25, 0.3) is 0 Å². The van der Waals surface area contributed by atoms with Crippen molar-refractivity contribution in [2.24, 2.45) is 10.9 Å². The van der Waals surface area contributed by atoms with Gasteiger partial charge in [-0.15, -0.1) is 24.0 Å². The predicted octanol–water partition coefficient (Wildman–Crippen LogP) is 3.23. The molecule has 1 aromatic carbocycles. The number of aliphatic imine (C=N–C) groups is 1. The Bertz CT molecular complexity index is 568. The van der Waals surface area contributed by atoms with E-state index in [1.807, 2.05) is 6.07 Å². The first-order valence-electron chi connectivity index (χ1n) is 8.70. The molecular formula is C19H32FIN4. The molecule has 2 N–H and O–H groups in total. The van der Waals surface area contributed by atoms with Gasteiger partial charge in [-0.1, -0.05) is 26.0 Å². The Morgan fingerprint density at radius 1 is 1.32 bits per heavy atom. The first kappa shape index (κ1) is 22.2. The molecule has 0 amide bonds. The van der Waals surface area contributed by atoms with Crippen LogP contribution in [0.4, 0.5) is 4.39 Å². The molecule has 0 saturated heterocycles. The van der Waals surface area contributed by atoms with E-state index in [9.17, 15) is 4.39 Å². The van der Waals surface area contributed by atoms with Gasteiger partial charge in [0.2, 0.25) is 0 Å². The Kier molecular flexibility index (Phi) is 8.60. The molecule has 142 valence electrons. The summed E-state index contributed by atoms with van der Waals surface area (Å²) in [5.74, 6) is 1.41. The normalized spacial score (nSPS) is 16.4. The molecule has 1 unspecified atom stereocenters. The number of likely N-dealkylation sites (N-methyl/N-ethyl adjacent to an activating group) is 1. The largest absolute Gasteiger partial charge is 0.356 e. The zero-order chi connectivity index (χ0) is 17.7. The van der Waals surface area contributed by atoms with Crippen LogP contribution < -0.4 is 10.6 Å². The fraction of sp³-hybridized carbons (Fsp3) is 0.632. The lowest BCUT2D eigenvalue weighted by molar-refractivity contribution is 0.264. The van der Waals surface area contributed by atoms with Gasteiger partial charge in [-0.05, 0) is 50.6 Å². The third-order valence-corrected chi connectivity index (χ3v) is 4.84. The van der Waals surface area contributed by atoms with Gasteiger partial charge >= 0.3 is 0 Å². The molecule has 6 heteroatoms. The van der Waals surface area contributed by atoms with Crippen molar-refractivity contribution in [3.8, 4) is 0 Å². The molecule has 4 nitrogen and oxygen atoms in total. The molecule has 1 aliphatic carbocycles. The van der Waals surface area contributed by atoms with Gasteiger partial charge in [0.25, 0.3) is 0 Å². The number of nitrogens with zero attached hydrogens (tertiary/aromatic N) is 2. The van der Waals surface area contributed by atoms with Crippen molar-refractivity contribution in [3.05, 3.63) is 35.6 Å². The van der Waals surface area contributed by atoms with Crippen molar-refractivity contribution in [1.29, 1.82) is 0 Å². The van der Waals surface area contributed by atoms with Gasteiger partial charge in [-0.3, -0.25) is 4.99 Å². The van der Waals surface area contributed by atoms with Gasteiger partial charge in [-0.2, -0.15) is 0 Å². The number of rotatable bonds is 7. The summed E-state index contributed by atoms with van der Waals surface area (Å²) in [4.78, 5) is 6.60. The smallest absolute Gasteiger partial charge is 0.191 e. The lowest BCUT2D eigenvalue weighted by atomic mass is 9.84. The molecule has 0 heterocycles. The molecular weight excluding hydrogens is 430 g/mol. The summed E-state index contributed by atoms with van der Waals surface area (Å²) < 4.78 is 13.5. The Hall–Kier alpha value is -0.890. The van der Waals surface area contributed by atoms with Crippen LogP contribution in [0.1, 0.15) is 32.3 Å². The van der Waals surface area contributed by atoms with E-state index in [-0.39, 0.29) is 35.2 Å². The van der Waals surface area contributed by atoms with Crippen LogP contribution in [-0.4, -0.2) is 51.1 Å². The van der Waals surface area contributed by atoms with Crippen molar-refractivity contribution in [2.75, 3.05) is 34.2 Å². The summed E-state index contributed by atoms with van der Waals surface area (Å²) >= 11 is 0. The topological polar surface area (TPSA) is 39.7 Å². The summed E-state index contributed by atoms with van der Waals surface area (Å²) in [6.45, 7) is 5.79. The molecule has 0 spiro atoms. The number of benzene rings is 1. The minimum absolute atomic E-state index is 0. The fourth-order valence-electron chi connectivity index (χ4n) is 2.99. The second-order valence-corrected chi connectivity index (χ2v) is 7.57. The van der Waals surface area contributed by atoms with Crippen LogP contribution >= 0.6 is 24.0 Å². The number of halogens is 2. The van der Waals surface area contributed by atoms with Gasteiger partial charge in [0.05, 0.1) is 0 Å². The first-order valence-corrected chi connectivity index (χ1v) is 8.70. The summed E-state index contributed by atoms with van der Waals surface area (Å²) in [5.41, 5.74) is 0.798. The van der Waals surface area contributed by atoms with E-state index >= 15 is 0 Å². The highest BCUT2D eigenvalue weighted by molar-refractivity contribution is 14.0. The van der Waals surface area contributed by atoms with Crippen LogP contribution in [0, 0.1) is 11.7 Å². The van der Waals surface area contributed by atoms with Crippen LogP contribution in [0.5, 0.6) is 0 Å². The zero-order valence-corrected chi connectivity index (χ0v) is 18.3. The molecule has 1 aliphatic rings. The molecule has 0 bridgehead atoms. The van der Waals surface area contributed by atoms with Crippen molar-refractivity contribution < 1.29 is 4.39 Å². The van der Waals surface area contributed by atoms with E-state index in [2.05, 4.69) is 48.5 Å². The quantitative estimate of drug-likeness (QED) is 0.372. The van der Waals surface area contributed by atoms with Crippen molar-refractivity contribution >= 4 is 29.9 Å². The average molecular weight is 462 g/mol. The first-order chi connectivity index (χ1) is 11.3. The average Bonchev–Trinajstić information content (AvgIpc) is 3.35. The number of hydrogen-bond acceptors (Lipinski definition) is 2. The fourth-order valence-corrected chi connectivity index (χ4v) is 2.99. The second kappa shape index (κ2) is 9.71. The van der Waals surface area contributed by atoms with Gasteiger partial charge in [0.1, 0.15) is 5.82 Å². The van der Waals surface area contributed by atoms with E-state index in [0.29, 0.717) is 12.6 Å². The maximum absolute atomic E-state index is 13.5. The van der Waals surface area contributed by atoms with Gasteiger partial charge in [0.15, 0.2) is 5.96 Å².